The molecule has 1 saturated heterocycles. The fraction of sp³-hybridized carbons (Fsp3) is 0.636. The number of ether oxygens (including phenoxy) is 1. The molecule has 2 aromatic rings. The summed E-state index contributed by atoms with van der Waals surface area (Å²) in [6.45, 7) is 1.92. The van der Waals surface area contributed by atoms with Gasteiger partial charge < -0.3 is 9.64 Å². The lowest BCUT2D eigenvalue weighted by atomic mass is 9.84. The minimum Gasteiger partial charge on any atom is -0.467 e. The van der Waals surface area contributed by atoms with Crippen molar-refractivity contribution < 1.29 is 14.3 Å². The quantitative estimate of drug-likeness (QED) is 0.745. The number of amides is 1. The van der Waals surface area contributed by atoms with Crippen LogP contribution in [0.3, 0.4) is 0 Å². The summed E-state index contributed by atoms with van der Waals surface area (Å²) in [7, 11) is 3.28. The number of carbonyl (C=O) groups excluding carboxylic acids is 2. The molecular weight excluding hydrogens is 368 g/mol. The number of nitrogens with zero attached hydrogens (tertiary/aromatic N) is 4. The second kappa shape index (κ2) is 6.82. The van der Waals surface area contributed by atoms with Crippen molar-refractivity contribution in [2.24, 2.45) is 13.0 Å². The summed E-state index contributed by atoms with van der Waals surface area (Å²) in [6.07, 6.45) is 7.24. The summed E-state index contributed by atoms with van der Waals surface area (Å²) in [4.78, 5) is 33.2. The van der Waals surface area contributed by atoms with Gasteiger partial charge in [0.05, 0.1) is 23.8 Å². The van der Waals surface area contributed by atoms with Crippen LogP contribution in [0.1, 0.15) is 72.6 Å². The second-order valence-corrected chi connectivity index (χ2v) is 8.88. The maximum absolute atomic E-state index is 14.0. The van der Waals surface area contributed by atoms with Crippen LogP contribution in [0.2, 0.25) is 0 Å². The Morgan fingerprint density at radius 2 is 1.93 bits per heavy atom. The van der Waals surface area contributed by atoms with Crippen LogP contribution < -0.4 is 0 Å². The molecule has 1 amide bonds. The van der Waals surface area contributed by atoms with Gasteiger partial charge in [-0.15, -0.1) is 0 Å². The maximum atomic E-state index is 14.0. The van der Waals surface area contributed by atoms with E-state index in [0.717, 1.165) is 54.5 Å². The molecule has 0 aromatic carbocycles. The highest BCUT2D eigenvalue weighted by Gasteiger charge is 2.48. The third kappa shape index (κ3) is 2.93. The highest BCUT2D eigenvalue weighted by Crippen LogP contribution is 2.43. The Labute approximate surface area is 170 Å². The van der Waals surface area contributed by atoms with E-state index < -0.39 is 6.04 Å². The second-order valence-electron chi connectivity index (χ2n) is 8.88. The van der Waals surface area contributed by atoms with Crippen LogP contribution in [-0.2, 0) is 16.6 Å². The average molecular weight is 396 g/mol. The zero-order valence-corrected chi connectivity index (χ0v) is 17.4. The molecule has 3 atom stereocenters. The molecule has 2 aromatic heterocycles. The normalized spacial score (nSPS) is 26.6. The van der Waals surface area contributed by atoms with Crippen molar-refractivity contribution >= 4 is 22.9 Å². The lowest BCUT2D eigenvalue weighted by Crippen LogP contribution is -2.46. The molecule has 5 rings (SSSR count). The third-order valence-corrected chi connectivity index (χ3v) is 7.01. The molecule has 29 heavy (non-hydrogen) atoms. The first kappa shape index (κ1) is 18.6. The van der Waals surface area contributed by atoms with Crippen molar-refractivity contribution in [1.82, 2.24) is 19.7 Å². The van der Waals surface area contributed by atoms with E-state index in [1.807, 2.05) is 24.9 Å². The summed E-state index contributed by atoms with van der Waals surface area (Å²) >= 11 is 0. The van der Waals surface area contributed by atoms with Gasteiger partial charge in [-0.05, 0) is 51.0 Å². The largest absolute Gasteiger partial charge is 0.467 e. The minimum absolute atomic E-state index is 0.0693. The predicted molar refractivity (Wildman–Crippen MR) is 108 cm³/mol. The molecule has 7 heteroatoms. The van der Waals surface area contributed by atoms with Gasteiger partial charge in [-0.2, -0.15) is 5.10 Å². The molecule has 1 aliphatic heterocycles. The first-order valence-corrected chi connectivity index (χ1v) is 10.7. The van der Waals surface area contributed by atoms with Crippen molar-refractivity contribution in [2.75, 3.05) is 7.11 Å². The standard InChI is InChI=1S/C22H28N4O3/c1-12-19-15(11-16(13-8-9-13)23-20(19)25(2)24-12)21(27)26-17-7-5-4-6-14(17)10-18(26)22(28)29-3/h11,13-14,17-18H,4-10H2,1-3H3. The molecular formula is C22H28N4O3. The summed E-state index contributed by atoms with van der Waals surface area (Å²) in [6, 6.07) is 1.58. The smallest absolute Gasteiger partial charge is 0.328 e. The van der Waals surface area contributed by atoms with Crippen LogP contribution in [0.5, 0.6) is 0 Å². The Balaban J connectivity index is 1.63. The van der Waals surface area contributed by atoms with Crippen LogP contribution in [-0.4, -0.2) is 50.7 Å². The molecule has 0 bridgehead atoms. The van der Waals surface area contributed by atoms with E-state index in [1.165, 1.54) is 13.5 Å². The molecule has 2 saturated carbocycles. The summed E-state index contributed by atoms with van der Waals surface area (Å²) in [5, 5.41) is 5.33. The molecule has 154 valence electrons. The number of fused-ring (bicyclic) bond motifs is 2. The Morgan fingerprint density at radius 1 is 1.17 bits per heavy atom. The predicted octanol–water partition coefficient (Wildman–Crippen LogP) is 3.10. The van der Waals surface area contributed by atoms with Crippen LogP contribution in [0.4, 0.5) is 0 Å². The van der Waals surface area contributed by atoms with Crippen molar-refractivity contribution in [1.29, 1.82) is 0 Å². The van der Waals surface area contributed by atoms with Crippen molar-refractivity contribution in [3.8, 4) is 0 Å². The SMILES string of the molecule is COC(=O)C1CC2CCCCC2N1C(=O)c1cc(C2CC2)nc2c1c(C)nn2C. The monoisotopic (exact) mass is 396 g/mol. The van der Waals surface area contributed by atoms with E-state index in [-0.39, 0.29) is 17.9 Å². The van der Waals surface area contributed by atoms with Gasteiger partial charge >= 0.3 is 5.97 Å². The Kier molecular flexibility index (Phi) is 4.37. The molecule has 3 heterocycles. The van der Waals surface area contributed by atoms with E-state index in [9.17, 15) is 9.59 Å². The number of likely N-dealkylation sites (tertiary alicyclic amines) is 1. The van der Waals surface area contributed by atoms with E-state index in [4.69, 9.17) is 9.72 Å². The van der Waals surface area contributed by atoms with Gasteiger partial charge in [0.15, 0.2) is 5.65 Å². The molecule has 0 N–H and O–H groups in total. The number of hydrogen-bond donors (Lipinski definition) is 0. The molecule has 2 aliphatic carbocycles. The maximum Gasteiger partial charge on any atom is 0.328 e. The zero-order valence-electron chi connectivity index (χ0n) is 17.4. The highest BCUT2D eigenvalue weighted by molar-refractivity contribution is 6.08. The van der Waals surface area contributed by atoms with Gasteiger partial charge in [0.1, 0.15) is 6.04 Å². The summed E-state index contributed by atoms with van der Waals surface area (Å²) < 4.78 is 6.84. The zero-order chi connectivity index (χ0) is 20.3. The fourth-order valence-electron chi connectivity index (χ4n) is 5.46. The molecule has 3 aliphatic rings. The van der Waals surface area contributed by atoms with Gasteiger partial charge in [-0.25, -0.2) is 9.78 Å². The number of pyridine rings is 1. The molecule has 0 spiro atoms. The first-order chi connectivity index (χ1) is 14.0. The van der Waals surface area contributed by atoms with Crippen molar-refractivity contribution in [3.05, 3.63) is 23.0 Å². The van der Waals surface area contributed by atoms with E-state index in [1.54, 1.807) is 4.68 Å². The summed E-state index contributed by atoms with van der Waals surface area (Å²) in [5.41, 5.74) is 3.17. The summed E-state index contributed by atoms with van der Waals surface area (Å²) in [5.74, 6) is 0.439. The first-order valence-electron chi connectivity index (χ1n) is 10.7. The van der Waals surface area contributed by atoms with Gasteiger partial charge in [0, 0.05) is 24.7 Å². The molecule has 0 radical (unpaired) electrons. The van der Waals surface area contributed by atoms with Gasteiger partial charge in [0.25, 0.3) is 5.91 Å². The number of carbonyl (C=O) groups is 2. The Bertz CT molecular complexity index is 994. The van der Waals surface area contributed by atoms with E-state index >= 15 is 0 Å². The highest BCUT2D eigenvalue weighted by atomic mass is 16.5. The average Bonchev–Trinajstić information content (AvgIpc) is 3.45. The van der Waals surface area contributed by atoms with Gasteiger partial charge in [0.2, 0.25) is 0 Å². The van der Waals surface area contributed by atoms with Gasteiger partial charge in [-0.1, -0.05) is 12.8 Å². The topological polar surface area (TPSA) is 77.3 Å². The lowest BCUT2D eigenvalue weighted by molar-refractivity contribution is -0.145. The number of aryl methyl sites for hydroxylation is 2. The van der Waals surface area contributed by atoms with Crippen LogP contribution >= 0.6 is 0 Å². The number of esters is 1. The lowest BCUT2D eigenvalue weighted by Gasteiger charge is -2.33. The molecule has 3 unspecified atom stereocenters. The Morgan fingerprint density at radius 3 is 2.66 bits per heavy atom. The van der Waals surface area contributed by atoms with Gasteiger partial charge in [-0.3, -0.25) is 9.48 Å². The van der Waals surface area contributed by atoms with Crippen molar-refractivity contribution in [2.45, 2.75) is 69.9 Å². The van der Waals surface area contributed by atoms with Crippen molar-refractivity contribution in [3.63, 3.8) is 0 Å². The van der Waals surface area contributed by atoms with Crippen LogP contribution in [0.15, 0.2) is 6.07 Å². The van der Waals surface area contributed by atoms with Crippen LogP contribution in [0.25, 0.3) is 11.0 Å². The number of methoxy groups -OCH3 is 1. The minimum atomic E-state index is -0.495. The number of hydrogen-bond acceptors (Lipinski definition) is 5. The van der Waals surface area contributed by atoms with Crippen LogP contribution in [0, 0.1) is 12.8 Å². The fourth-order valence-corrected chi connectivity index (χ4v) is 5.46. The Hall–Kier alpha value is -2.44. The molecule has 7 nitrogen and oxygen atoms in total. The number of rotatable bonds is 3. The van der Waals surface area contributed by atoms with E-state index in [2.05, 4.69) is 5.10 Å². The van der Waals surface area contributed by atoms with E-state index in [0.29, 0.717) is 23.8 Å². The third-order valence-electron chi connectivity index (χ3n) is 7.01. The number of aromatic nitrogens is 3. The molecule has 3 fully saturated rings.